The van der Waals surface area contributed by atoms with Crippen molar-refractivity contribution in [2.24, 2.45) is 4.99 Å². The van der Waals surface area contributed by atoms with Crippen LogP contribution < -0.4 is 4.74 Å². The second-order valence-electron chi connectivity index (χ2n) is 7.63. The summed E-state index contributed by atoms with van der Waals surface area (Å²) in [5, 5.41) is 1.36. The quantitative estimate of drug-likeness (QED) is 0.354. The number of carbonyl (C=O) groups excluding carboxylic acids is 1. The minimum absolute atomic E-state index is 0.0348. The molecule has 168 valence electrons. The van der Waals surface area contributed by atoms with Crippen LogP contribution in [0.2, 0.25) is 5.02 Å². The van der Waals surface area contributed by atoms with E-state index in [2.05, 4.69) is 19.1 Å². The van der Waals surface area contributed by atoms with Gasteiger partial charge in [-0.2, -0.15) is 0 Å². The van der Waals surface area contributed by atoms with Crippen LogP contribution in [0.25, 0.3) is 6.08 Å². The van der Waals surface area contributed by atoms with Gasteiger partial charge in [-0.25, -0.2) is 4.99 Å². The molecule has 0 atom stereocenters. The summed E-state index contributed by atoms with van der Waals surface area (Å²) in [5.74, 6) is 0.782. The third kappa shape index (κ3) is 5.86. The summed E-state index contributed by atoms with van der Waals surface area (Å²) >= 11 is 7.41. The first-order valence-corrected chi connectivity index (χ1v) is 12.0. The molecule has 1 aliphatic heterocycles. The van der Waals surface area contributed by atoms with Crippen LogP contribution in [0.4, 0.5) is 5.69 Å². The molecule has 0 N–H and O–H groups in total. The van der Waals surface area contributed by atoms with Crippen LogP contribution >= 0.6 is 23.4 Å². The number of carbonyl (C=O) groups is 1. The number of ether oxygens (including phenoxy) is 1. The number of methoxy groups -OCH3 is 1. The van der Waals surface area contributed by atoms with Crippen molar-refractivity contribution in [3.05, 3.63) is 99.4 Å². The molecular formula is C27H25ClN2O2S. The van der Waals surface area contributed by atoms with Crippen LogP contribution in [-0.2, 0) is 17.6 Å². The predicted molar refractivity (Wildman–Crippen MR) is 138 cm³/mol. The van der Waals surface area contributed by atoms with Crippen LogP contribution in [0.15, 0.2) is 82.7 Å². The molecule has 3 aromatic carbocycles. The average Bonchev–Trinajstić information content (AvgIpc) is 3.13. The van der Waals surface area contributed by atoms with E-state index in [0.29, 0.717) is 21.6 Å². The molecule has 1 fully saturated rings. The van der Waals surface area contributed by atoms with E-state index in [0.717, 1.165) is 35.4 Å². The normalized spacial score (nSPS) is 16.1. The second kappa shape index (κ2) is 10.7. The Hall–Kier alpha value is -3.02. The molecular weight excluding hydrogens is 452 g/mol. The molecule has 1 aliphatic rings. The second-order valence-corrected chi connectivity index (χ2v) is 9.08. The fourth-order valence-corrected chi connectivity index (χ4v) is 4.60. The minimum atomic E-state index is -0.0348. The summed E-state index contributed by atoms with van der Waals surface area (Å²) in [6.07, 6.45) is 3.59. The number of amidine groups is 1. The molecule has 0 spiro atoms. The van der Waals surface area contributed by atoms with E-state index in [1.165, 1.54) is 17.3 Å². The van der Waals surface area contributed by atoms with Crippen LogP contribution in [0.5, 0.6) is 5.75 Å². The Labute approximate surface area is 203 Å². The third-order valence-corrected chi connectivity index (χ3v) is 6.67. The number of benzene rings is 3. The van der Waals surface area contributed by atoms with Gasteiger partial charge in [0.05, 0.1) is 17.7 Å². The molecule has 0 unspecified atom stereocenters. The smallest absolute Gasteiger partial charge is 0.266 e. The molecule has 4 nitrogen and oxygen atoms in total. The highest BCUT2D eigenvalue weighted by Crippen LogP contribution is 2.34. The predicted octanol–water partition coefficient (Wildman–Crippen LogP) is 6.76. The number of thioether (sulfide) groups is 1. The Balaban J connectivity index is 1.60. The van der Waals surface area contributed by atoms with Crippen LogP contribution in [-0.4, -0.2) is 29.6 Å². The lowest BCUT2D eigenvalue weighted by Gasteiger charge is -2.16. The summed E-state index contributed by atoms with van der Waals surface area (Å²) in [7, 11) is 1.65. The molecule has 4 rings (SSSR count). The molecule has 0 bridgehead atoms. The Morgan fingerprint density at radius 1 is 0.970 bits per heavy atom. The molecule has 0 aromatic heterocycles. The molecule has 0 radical (unpaired) electrons. The molecule has 1 amide bonds. The van der Waals surface area contributed by atoms with E-state index in [4.69, 9.17) is 21.3 Å². The highest BCUT2D eigenvalue weighted by molar-refractivity contribution is 8.18. The zero-order chi connectivity index (χ0) is 23.2. The lowest BCUT2D eigenvalue weighted by Crippen LogP contribution is -2.31. The topological polar surface area (TPSA) is 41.9 Å². The van der Waals surface area contributed by atoms with Crippen molar-refractivity contribution in [3.63, 3.8) is 0 Å². The van der Waals surface area contributed by atoms with Gasteiger partial charge in [0.15, 0.2) is 5.17 Å². The van der Waals surface area contributed by atoms with Gasteiger partial charge in [-0.1, -0.05) is 54.9 Å². The zero-order valence-corrected chi connectivity index (χ0v) is 20.2. The number of amides is 1. The number of hydrogen-bond donors (Lipinski definition) is 0. The molecule has 6 heteroatoms. The van der Waals surface area contributed by atoms with E-state index in [9.17, 15) is 4.79 Å². The van der Waals surface area contributed by atoms with Gasteiger partial charge < -0.3 is 4.74 Å². The first-order valence-electron chi connectivity index (χ1n) is 10.8. The third-order valence-electron chi connectivity index (χ3n) is 5.41. The van der Waals surface area contributed by atoms with Gasteiger partial charge in [0.1, 0.15) is 5.75 Å². The number of rotatable bonds is 7. The standard InChI is InChI=1S/C27H25ClN2O2S/c1-3-19-6-12-23(13-7-19)29-27-30(17-16-20-8-14-24(32-2)15-9-20)26(31)25(33-27)18-21-4-10-22(28)11-5-21/h4-15,18H,3,16-17H2,1-2H3/b25-18+,29-27?. The van der Waals surface area contributed by atoms with E-state index < -0.39 is 0 Å². The summed E-state index contributed by atoms with van der Waals surface area (Å²) in [6, 6.07) is 23.5. The van der Waals surface area contributed by atoms with Crippen LogP contribution in [0.1, 0.15) is 23.6 Å². The molecule has 33 heavy (non-hydrogen) atoms. The average molecular weight is 477 g/mol. The lowest BCUT2D eigenvalue weighted by atomic mass is 10.1. The highest BCUT2D eigenvalue weighted by atomic mass is 35.5. The zero-order valence-electron chi connectivity index (χ0n) is 18.6. The van der Waals surface area contributed by atoms with Crippen molar-refractivity contribution in [3.8, 4) is 5.75 Å². The first kappa shape index (κ1) is 23.1. The van der Waals surface area contributed by atoms with Gasteiger partial charge in [-0.3, -0.25) is 9.69 Å². The van der Waals surface area contributed by atoms with Crippen molar-refractivity contribution in [2.45, 2.75) is 19.8 Å². The number of halogens is 1. The lowest BCUT2D eigenvalue weighted by molar-refractivity contribution is -0.122. The molecule has 3 aromatic rings. The summed E-state index contributed by atoms with van der Waals surface area (Å²) < 4.78 is 5.24. The van der Waals surface area contributed by atoms with E-state index in [1.54, 1.807) is 12.0 Å². The van der Waals surface area contributed by atoms with E-state index >= 15 is 0 Å². The largest absolute Gasteiger partial charge is 0.497 e. The Morgan fingerprint density at radius 2 is 1.64 bits per heavy atom. The van der Waals surface area contributed by atoms with Crippen molar-refractivity contribution in [1.82, 2.24) is 4.90 Å². The molecule has 0 aliphatic carbocycles. The maximum atomic E-state index is 13.3. The van der Waals surface area contributed by atoms with Crippen LogP contribution in [0, 0.1) is 0 Å². The van der Waals surface area contributed by atoms with Crippen molar-refractivity contribution in [1.29, 1.82) is 0 Å². The Kier molecular flexibility index (Phi) is 7.53. The van der Waals surface area contributed by atoms with Crippen molar-refractivity contribution in [2.75, 3.05) is 13.7 Å². The SMILES string of the molecule is CCc1ccc(N=C2S/C(=C/c3ccc(Cl)cc3)C(=O)N2CCc2ccc(OC)cc2)cc1. The number of nitrogens with zero attached hydrogens (tertiary/aromatic N) is 2. The fraction of sp³-hybridized carbons (Fsp3) is 0.185. The summed E-state index contributed by atoms with van der Waals surface area (Å²) in [5.41, 5.74) is 4.16. The minimum Gasteiger partial charge on any atom is -0.497 e. The fourth-order valence-electron chi connectivity index (χ4n) is 3.45. The summed E-state index contributed by atoms with van der Waals surface area (Å²) in [6.45, 7) is 2.67. The Morgan fingerprint density at radius 3 is 2.27 bits per heavy atom. The number of aryl methyl sites for hydroxylation is 1. The maximum Gasteiger partial charge on any atom is 0.266 e. The molecule has 0 saturated carbocycles. The first-order chi connectivity index (χ1) is 16.1. The van der Waals surface area contributed by atoms with E-state index in [-0.39, 0.29) is 5.91 Å². The van der Waals surface area contributed by atoms with Crippen molar-refractivity contribution >= 4 is 46.2 Å². The van der Waals surface area contributed by atoms with Gasteiger partial charge in [-0.05, 0) is 83.8 Å². The maximum absolute atomic E-state index is 13.3. The number of hydrogen-bond acceptors (Lipinski definition) is 4. The van der Waals surface area contributed by atoms with Gasteiger partial charge >= 0.3 is 0 Å². The summed E-state index contributed by atoms with van der Waals surface area (Å²) in [4.78, 5) is 20.5. The van der Waals surface area contributed by atoms with Gasteiger partial charge in [0.2, 0.25) is 0 Å². The molecule has 1 saturated heterocycles. The molecule has 1 heterocycles. The van der Waals surface area contributed by atoms with Gasteiger partial charge in [0.25, 0.3) is 5.91 Å². The van der Waals surface area contributed by atoms with Crippen molar-refractivity contribution < 1.29 is 9.53 Å². The monoisotopic (exact) mass is 476 g/mol. The Bertz CT molecular complexity index is 1170. The van der Waals surface area contributed by atoms with Gasteiger partial charge in [-0.15, -0.1) is 0 Å². The van der Waals surface area contributed by atoms with E-state index in [1.807, 2.05) is 66.7 Å². The van der Waals surface area contributed by atoms with Crippen LogP contribution in [0.3, 0.4) is 0 Å². The van der Waals surface area contributed by atoms with Gasteiger partial charge in [0, 0.05) is 11.6 Å². The number of aliphatic imine (C=N–C) groups is 1. The highest BCUT2D eigenvalue weighted by Gasteiger charge is 2.33.